The van der Waals surface area contributed by atoms with Crippen molar-refractivity contribution in [2.24, 2.45) is 0 Å². The van der Waals surface area contributed by atoms with E-state index in [1.54, 1.807) is 0 Å². The lowest BCUT2D eigenvalue weighted by Crippen LogP contribution is -2.36. The molecule has 0 radical (unpaired) electrons. The van der Waals surface area contributed by atoms with Crippen molar-refractivity contribution in [2.45, 2.75) is 39.8 Å². The molecule has 0 aromatic carbocycles. The van der Waals surface area contributed by atoms with Gasteiger partial charge in [-0.3, -0.25) is 0 Å². The molecule has 0 unspecified atom stereocenters. The van der Waals surface area contributed by atoms with Crippen molar-refractivity contribution in [3.63, 3.8) is 0 Å². The number of terminal acetylenes is 1. The third-order valence-electron chi connectivity index (χ3n) is 2.64. The van der Waals surface area contributed by atoms with Crippen LogP contribution in [0.1, 0.15) is 33.3 Å². The number of aromatic nitrogens is 1. The number of nitrogens with one attached hydrogen (secondary N) is 1. The fourth-order valence-corrected chi connectivity index (χ4v) is 1.66. The molecule has 1 N–H and O–H groups in total. The van der Waals surface area contributed by atoms with E-state index in [0.717, 1.165) is 18.9 Å². The number of hydrogen-bond donors (Lipinski definition) is 1. The molecule has 0 spiro atoms. The summed E-state index contributed by atoms with van der Waals surface area (Å²) in [6.07, 6.45) is 7.22. The molecule has 0 saturated heterocycles. The Kier molecular flexibility index (Phi) is 5.18. The number of pyridine rings is 1. The van der Waals surface area contributed by atoms with Crippen LogP contribution in [-0.4, -0.2) is 23.6 Å². The second-order valence-electron chi connectivity index (χ2n) is 5.31. The maximum absolute atomic E-state index is 5.40. The standard InChI is InChI=1S/C15H23N3/c1-6-11-18(7-2)14-13(9-8-10-16-14)12-17-15(3,4)5/h1,8-10,17H,7,11-12H2,2-5H3. The van der Waals surface area contributed by atoms with E-state index >= 15 is 0 Å². The van der Waals surface area contributed by atoms with Crippen LogP contribution in [0, 0.1) is 12.3 Å². The van der Waals surface area contributed by atoms with Gasteiger partial charge in [0.05, 0.1) is 6.54 Å². The second kappa shape index (κ2) is 6.42. The molecule has 0 bridgehead atoms. The predicted molar refractivity (Wildman–Crippen MR) is 77.5 cm³/mol. The minimum absolute atomic E-state index is 0.0935. The summed E-state index contributed by atoms with van der Waals surface area (Å²) in [4.78, 5) is 6.57. The summed E-state index contributed by atoms with van der Waals surface area (Å²) in [7, 11) is 0. The van der Waals surface area contributed by atoms with Crippen LogP contribution >= 0.6 is 0 Å². The minimum atomic E-state index is 0.0935. The predicted octanol–water partition coefficient (Wildman–Crippen LogP) is 2.43. The monoisotopic (exact) mass is 245 g/mol. The summed E-state index contributed by atoms with van der Waals surface area (Å²) in [5.41, 5.74) is 1.28. The Morgan fingerprint density at radius 2 is 2.17 bits per heavy atom. The van der Waals surface area contributed by atoms with E-state index < -0.39 is 0 Å². The zero-order valence-corrected chi connectivity index (χ0v) is 11.8. The summed E-state index contributed by atoms with van der Waals surface area (Å²) >= 11 is 0. The van der Waals surface area contributed by atoms with Gasteiger partial charge in [0.1, 0.15) is 5.82 Å². The lowest BCUT2D eigenvalue weighted by Gasteiger charge is -2.25. The van der Waals surface area contributed by atoms with Gasteiger partial charge in [-0.2, -0.15) is 0 Å². The Labute approximate surface area is 111 Å². The lowest BCUT2D eigenvalue weighted by molar-refractivity contribution is 0.424. The van der Waals surface area contributed by atoms with Gasteiger partial charge in [-0.05, 0) is 33.8 Å². The van der Waals surface area contributed by atoms with E-state index in [1.165, 1.54) is 5.56 Å². The smallest absolute Gasteiger partial charge is 0.133 e. The molecule has 1 aromatic heterocycles. The highest BCUT2D eigenvalue weighted by molar-refractivity contribution is 5.47. The molecule has 18 heavy (non-hydrogen) atoms. The third kappa shape index (κ3) is 4.38. The summed E-state index contributed by atoms with van der Waals surface area (Å²) in [6.45, 7) is 10.8. The van der Waals surface area contributed by atoms with E-state index in [9.17, 15) is 0 Å². The molecular formula is C15H23N3. The number of nitrogens with zero attached hydrogens (tertiary/aromatic N) is 2. The summed E-state index contributed by atoms with van der Waals surface area (Å²) < 4.78 is 0. The van der Waals surface area contributed by atoms with E-state index in [-0.39, 0.29) is 5.54 Å². The van der Waals surface area contributed by atoms with Gasteiger partial charge >= 0.3 is 0 Å². The highest BCUT2D eigenvalue weighted by atomic mass is 15.2. The maximum Gasteiger partial charge on any atom is 0.133 e. The Balaban J connectivity index is 2.88. The highest BCUT2D eigenvalue weighted by Crippen LogP contribution is 2.17. The van der Waals surface area contributed by atoms with Crippen LogP contribution in [0.2, 0.25) is 0 Å². The topological polar surface area (TPSA) is 28.2 Å². The van der Waals surface area contributed by atoms with Crippen LogP contribution in [0.4, 0.5) is 5.82 Å². The van der Waals surface area contributed by atoms with Crippen molar-refractivity contribution in [1.82, 2.24) is 10.3 Å². The van der Waals surface area contributed by atoms with Crippen LogP contribution in [0.25, 0.3) is 0 Å². The summed E-state index contributed by atoms with van der Waals surface area (Å²) in [6, 6.07) is 4.06. The quantitative estimate of drug-likeness (QED) is 0.808. The van der Waals surface area contributed by atoms with Gasteiger partial charge in [-0.25, -0.2) is 4.98 Å². The Morgan fingerprint density at radius 1 is 1.44 bits per heavy atom. The van der Waals surface area contributed by atoms with Crippen LogP contribution in [0.3, 0.4) is 0 Å². The van der Waals surface area contributed by atoms with Gasteiger partial charge in [0, 0.05) is 30.4 Å². The molecule has 0 aliphatic carbocycles. The van der Waals surface area contributed by atoms with Crippen molar-refractivity contribution in [3.8, 4) is 12.3 Å². The average molecular weight is 245 g/mol. The van der Waals surface area contributed by atoms with Gasteiger partial charge in [-0.1, -0.05) is 12.0 Å². The molecule has 3 nitrogen and oxygen atoms in total. The van der Waals surface area contributed by atoms with Crippen molar-refractivity contribution in [3.05, 3.63) is 23.9 Å². The van der Waals surface area contributed by atoms with Crippen molar-refractivity contribution in [1.29, 1.82) is 0 Å². The number of rotatable bonds is 5. The van der Waals surface area contributed by atoms with E-state index in [4.69, 9.17) is 6.42 Å². The third-order valence-corrected chi connectivity index (χ3v) is 2.64. The Bertz CT molecular complexity index is 412. The van der Waals surface area contributed by atoms with Gasteiger partial charge in [-0.15, -0.1) is 6.42 Å². The zero-order chi connectivity index (χ0) is 13.6. The second-order valence-corrected chi connectivity index (χ2v) is 5.31. The minimum Gasteiger partial charge on any atom is -0.345 e. The van der Waals surface area contributed by atoms with Crippen LogP contribution < -0.4 is 10.2 Å². The van der Waals surface area contributed by atoms with E-state index in [0.29, 0.717) is 6.54 Å². The normalized spacial score (nSPS) is 11.1. The van der Waals surface area contributed by atoms with Gasteiger partial charge in [0.15, 0.2) is 0 Å². The van der Waals surface area contributed by atoms with Crippen molar-refractivity contribution >= 4 is 5.82 Å². The largest absolute Gasteiger partial charge is 0.345 e. The molecule has 0 amide bonds. The molecular weight excluding hydrogens is 222 g/mol. The molecule has 0 aliphatic heterocycles. The first-order chi connectivity index (χ1) is 8.48. The lowest BCUT2D eigenvalue weighted by atomic mass is 10.1. The zero-order valence-electron chi connectivity index (χ0n) is 11.8. The number of anilines is 1. The van der Waals surface area contributed by atoms with Gasteiger partial charge in [0.25, 0.3) is 0 Å². The molecule has 1 aromatic rings. The molecule has 98 valence electrons. The first kappa shape index (κ1) is 14.5. The van der Waals surface area contributed by atoms with Crippen molar-refractivity contribution < 1.29 is 0 Å². The highest BCUT2D eigenvalue weighted by Gasteiger charge is 2.13. The van der Waals surface area contributed by atoms with E-state index in [2.05, 4.69) is 54.9 Å². The SMILES string of the molecule is C#CCN(CC)c1ncccc1CNC(C)(C)C. The van der Waals surface area contributed by atoms with Gasteiger partial charge in [0.2, 0.25) is 0 Å². The van der Waals surface area contributed by atoms with E-state index in [1.807, 2.05) is 12.3 Å². The summed E-state index contributed by atoms with van der Waals surface area (Å²) in [5, 5.41) is 3.48. The van der Waals surface area contributed by atoms with Gasteiger partial charge < -0.3 is 10.2 Å². The molecule has 3 heteroatoms. The van der Waals surface area contributed by atoms with Crippen LogP contribution in [0.15, 0.2) is 18.3 Å². The first-order valence-corrected chi connectivity index (χ1v) is 6.35. The summed E-state index contributed by atoms with van der Waals surface area (Å²) in [5.74, 6) is 3.66. The van der Waals surface area contributed by atoms with Crippen molar-refractivity contribution in [2.75, 3.05) is 18.0 Å². The fourth-order valence-electron chi connectivity index (χ4n) is 1.66. The Morgan fingerprint density at radius 3 is 2.72 bits per heavy atom. The van der Waals surface area contributed by atoms with Crippen LogP contribution in [0.5, 0.6) is 0 Å². The molecule has 0 saturated carbocycles. The molecule has 0 aliphatic rings. The maximum atomic E-state index is 5.40. The number of hydrogen-bond acceptors (Lipinski definition) is 3. The molecule has 0 fully saturated rings. The fraction of sp³-hybridized carbons (Fsp3) is 0.533. The molecule has 1 heterocycles. The Hall–Kier alpha value is -1.53. The van der Waals surface area contributed by atoms with Crippen LogP contribution in [-0.2, 0) is 6.54 Å². The first-order valence-electron chi connectivity index (χ1n) is 6.35. The molecule has 0 atom stereocenters. The molecule has 1 rings (SSSR count). The average Bonchev–Trinajstić information content (AvgIpc) is 2.33.